The Morgan fingerprint density at radius 2 is 1.62 bits per heavy atom. The normalized spacial score (nSPS) is 27.8. The van der Waals surface area contributed by atoms with Crippen molar-refractivity contribution in [2.75, 3.05) is 0 Å². The van der Waals surface area contributed by atoms with Crippen molar-refractivity contribution in [2.45, 2.75) is 37.9 Å². The molecule has 0 aromatic carbocycles. The van der Waals surface area contributed by atoms with Crippen LogP contribution in [0.1, 0.15) is 19.3 Å². The first-order valence-corrected chi connectivity index (χ1v) is 6.23. The van der Waals surface area contributed by atoms with Crippen LogP contribution in [0.5, 0.6) is 0 Å². The van der Waals surface area contributed by atoms with Gasteiger partial charge in [-0.1, -0.05) is 19.3 Å². The predicted octanol–water partition coefficient (Wildman–Crippen LogP) is 2.18. The predicted molar refractivity (Wildman–Crippen MR) is 35.8 cm³/mol. The molecule has 0 aromatic rings. The van der Waals surface area contributed by atoms with Crippen molar-refractivity contribution in [3.05, 3.63) is 0 Å². The molecule has 1 radical (unpaired) electrons. The van der Waals surface area contributed by atoms with E-state index < -0.39 is 8.32 Å². The summed E-state index contributed by atoms with van der Waals surface area (Å²) in [6, 6.07) is 2.07. The molecular formula is C6H13OSi. The largest absolute Gasteiger partial charge is 0.298 e. The van der Waals surface area contributed by atoms with Gasteiger partial charge in [-0.2, -0.15) is 0 Å². The molecule has 0 aromatic heterocycles. The molecular weight excluding hydrogens is 116 g/mol. The van der Waals surface area contributed by atoms with Crippen LogP contribution in [-0.2, 0) is 4.80 Å². The molecule has 2 heteroatoms. The van der Waals surface area contributed by atoms with Gasteiger partial charge in [-0.3, -0.25) is 4.80 Å². The van der Waals surface area contributed by atoms with Crippen molar-refractivity contribution in [2.24, 2.45) is 0 Å². The third kappa shape index (κ3) is 1.60. The summed E-state index contributed by atoms with van der Waals surface area (Å²) in [6.45, 7) is 1.96. The van der Waals surface area contributed by atoms with Crippen LogP contribution in [0.15, 0.2) is 0 Å². The maximum Gasteiger partial charge on any atom is 0.234 e. The van der Waals surface area contributed by atoms with Crippen LogP contribution in [-0.4, -0.2) is 8.32 Å². The first kappa shape index (κ1) is 6.30. The lowest BCUT2D eigenvalue weighted by Crippen LogP contribution is -2.29. The molecule has 1 nitrogen and oxygen atoms in total. The number of hydrogen-bond donors (Lipinski definition) is 0. The Balaban J connectivity index is 2.33. The summed E-state index contributed by atoms with van der Waals surface area (Å²) in [5.41, 5.74) is 0. The maximum absolute atomic E-state index is 11.3. The van der Waals surface area contributed by atoms with Crippen molar-refractivity contribution in [1.29, 1.82) is 0 Å². The number of rotatable bonds is 0. The SMILES string of the molecule is C[Si]1([O])CCCCC1. The third-order valence-electron chi connectivity index (χ3n) is 1.91. The van der Waals surface area contributed by atoms with Gasteiger partial charge in [-0.05, 0) is 18.6 Å². The molecule has 0 atom stereocenters. The second kappa shape index (κ2) is 2.19. The molecule has 0 N–H and O–H groups in total. The van der Waals surface area contributed by atoms with Crippen LogP contribution in [0.2, 0.25) is 18.6 Å². The molecule has 0 spiro atoms. The van der Waals surface area contributed by atoms with E-state index in [1.54, 1.807) is 0 Å². The van der Waals surface area contributed by atoms with Gasteiger partial charge < -0.3 is 0 Å². The Bertz CT molecular complexity index is 72.6. The van der Waals surface area contributed by atoms with Crippen molar-refractivity contribution in [3.8, 4) is 0 Å². The fraction of sp³-hybridized carbons (Fsp3) is 1.00. The lowest BCUT2D eigenvalue weighted by molar-refractivity contribution is 0.402. The first-order valence-electron chi connectivity index (χ1n) is 3.41. The minimum Gasteiger partial charge on any atom is -0.298 e. The summed E-state index contributed by atoms with van der Waals surface area (Å²) in [5, 5.41) is 0. The van der Waals surface area contributed by atoms with Gasteiger partial charge in [-0.25, -0.2) is 0 Å². The third-order valence-corrected chi connectivity index (χ3v) is 4.73. The highest BCUT2D eigenvalue weighted by atomic mass is 28.4. The molecule has 1 aliphatic rings. The van der Waals surface area contributed by atoms with Crippen molar-refractivity contribution < 1.29 is 4.80 Å². The van der Waals surface area contributed by atoms with Gasteiger partial charge in [0.05, 0.1) is 0 Å². The average molecular weight is 129 g/mol. The summed E-state index contributed by atoms with van der Waals surface area (Å²) in [7, 11) is -1.84. The van der Waals surface area contributed by atoms with E-state index in [-0.39, 0.29) is 0 Å². The second-order valence-corrected chi connectivity index (χ2v) is 6.91. The van der Waals surface area contributed by atoms with E-state index in [2.05, 4.69) is 0 Å². The standard InChI is InChI=1S/C6H13OSi/c1-8(7)5-3-2-4-6-8/h2-6H2,1H3. The van der Waals surface area contributed by atoms with Crippen LogP contribution in [0.4, 0.5) is 0 Å². The van der Waals surface area contributed by atoms with E-state index in [1.807, 2.05) is 6.55 Å². The summed E-state index contributed by atoms with van der Waals surface area (Å²) in [5.74, 6) is 0. The Hall–Kier alpha value is 0.177. The Morgan fingerprint density at radius 3 is 1.88 bits per heavy atom. The van der Waals surface area contributed by atoms with Crippen molar-refractivity contribution in [3.63, 3.8) is 0 Å². The summed E-state index contributed by atoms with van der Waals surface area (Å²) < 4.78 is 0. The lowest BCUT2D eigenvalue weighted by atomic mass is 10.3. The molecule has 0 aliphatic carbocycles. The van der Waals surface area contributed by atoms with Gasteiger partial charge in [0, 0.05) is 0 Å². The van der Waals surface area contributed by atoms with Crippen LogP contribution in [0.3, 0.4) is 0 Å². The highest BCUT2D eigenvalue weighted by Crippen LogP contribution is 2.25. The minimum absolute atomic E-state index is 1.03. The molecule has 1 saturated heterocycles. The summed E-state index contributed by atoms with van der Waals surface area (Å²) >= 11 is 0. The average Bonchev–Trinajstić information content (AvgIpc) is 1.65. The smallest absolute Gasteiger partial charge is 0.234 e. The van der Waals surface area contributed by atoms with Crippen LogP contribution in [0.25, 0.3) is 0 Å². The van der Waals surface area contributed by atoms with Crippen LogP contribution in [0, 0.1) is 0 Å². The second-order valence-electron chi connectivity index (χ2n) is 3.01. The van der Waals surface area contributed by atoms with E-state index >= 15 is 0 Å². The highest BCUT2D eigenvalue weighted by Gasteiger charge is 2.28. The van der Waals surface area contributed by atoms with E-state index in [9.17, 15) is 4.80 Å². The fourth-order valence-corrected chi connectivity index (χ4v) is 3.55. The summed E-state index contributed by atoms with van der Waals surface area (Å²) in [6.07, 6.45) is 3.74. The van der Waals surface area contributed by atoms with Gasteiger partial charge in [-0.15, -0.1) is 0 Å². The molecule has 1 fully saturated rings. The maximum atomic E-state index is 11.3. The fourth-order valence-electron chi connectivity index (χ4n) is 1.30. The first-order chi connectivity index (χ1) is 3.71. The minimum atomic E-state index is -1.84. The topological polar surface area (TPSA) is 19.9 Å². The molecule has 47 valence electrons. The number of hydrogen-bond acceptors (Lipinski definition) is 0. The zero-order chi connectivity index (χ0) is 6.04. The van der Waals surface area contributed by atoms with Gasteiger partial charge in [0.15, 0.2) is 0 Å². The zero-order valence-corrected chi connectivity index (χ0v) is 6.44. The quantitative estimate of drug-likeness (QED) is 0.447. The Labute approximate surface area is 51.9 Å². The Kier molecular flexibility index (Phi) is 1.73. The van der Waals surface area contributed by atoms with Crippen molar-refractivity contribution >= 4 is 8.32 Å². The molecule has 1 heterocycles. The monoisotopic (exact) mass is 129 g/mol. The molecule has 0 bridgehead atoms. The van der Waals surface area contributed by atoms with Gasteiger partial charge in [0.25, 0.3) is 0 Å². The van der Waals surface area contributed by atoms with E-state index in [0.29, 0.717) is 0 Å². The van der Waals surface area contributed by atoms with E-state index in [1.165, 1.54) is 19.3 Å². The van der Waals surface area contributed by atoms with E-state index in [0.717, 1.165) is 12.1 Å². The zero-order valence-electron chi connectivity index (χ0n) is 5.44. The summed E-state index contributed by atoms with van der Waals surface area (Å²) in [4.78, 5) is 11.3. The Morgan fingerprint density at radius 1 is 1.12 bits per heavy atom. The molecule has 0 amide bonds. The molecule has 1 aliphatic heterocycles. The van der Waals surface area contributed by atoms with Gasteiger partial charge in [0.2, 0.25) is 8.32 Å². The molecule has 8 heavy (non-hydrogen) atoms. The highest BCUT2D eigenvalue weighted by molar-refractivity contribution is 6.70. The molecule has 0 unspecified atom stereocenters. The molecule has 0 saturated carbocycles. The van der Waals surface area contributed by atoms with Gasteiger partial charge >= 0.3 is 0 Å². The molecule has 1 rings (SSSR count). The van der Waals surface area contributed by atoms with Crippen molar-refractivity contribution in [1.82, 2.24) is 0 Å². The lowest BCUT2D eigenvalue weighted by Gasteiger charge is -2.21. The van der Waals surface area contributed by atoms with Gasteiger partial charge in [0.1, 0.15) is 0 Å². The van der Waals surface area contributed by atoms with E-state index in [4.69, 9.17) is 0 Å². The van der Waals surface area contributed by atoms with Crippen LogP contribution < -0.4 is 0 Å². The van der Waals surface area contributed by atoms with Crippen LogP contribution >= 0.6 is 0 Å².